The molecule has 1 rings (SSSR count). The molecule has 0 saturated heterocycles. The molecule has 0 aliphatic rings. The molecule has 0 aliphatic heterocycles. The Hall–Kier alpha value is -3.48. The topological polar surface area (TPSA) is 177 Å². The van der Waals surface area contributed by atoms with Crippen LogP contribution >= 0.6 is 0 Å². The first-order valence-corrected chi connectivity index (χ1v) is 10.3. The summed E-state index contributed by atoms with van der Waals surface area (Å²) in [7, 11) is 3.37. The second-order valence-corrected chi connectivity index (χ2v) is 8.71. The largest absolute Gasteiger partial charge is 0.480 e. The third kappa shape index (κ3) is 9.68. The predicted molar refractivity (Wildman–Crippen MR) is 120 cm³/mol. The number of hydrogen-bond donors (Lipinski definition) is 3. The van der Waals surface area contributed by atoms with E-state index in [9.17, 15) is 34.9 Å². The summed E-state index contributed by atoms with van der Waals surface area (Å²) >= 11 is 0. The Kier molecular flexibility index (Phi) is 9.98. The molecule has 0 spiro atoms. The molecule has 184 valence electrons. The van der Waals surface area contributed by atoms with Gasteiger partial charge >= 0.3 is 12.1 Å². The second-order valence-electron chi connectivity index (χ2n) is 8.71. The van der Waals surface area contributed by atoms with E-state index in [0.29, 0.717) is 12.8 Å². The van der Waals surface area contributed by atoms with Crippen LogP contribution in [0, 0.1) is 20.2 Å². The minimum absolute atomic E-state index is 0.110. The number of carbonyl (C=O) groups is 2. The Balaban J connectivity index is 2.91. The van der Waals surface area contributed by atoms with Crippen molar-refractivity contribution in [3.05, 3.63) is 37.9 Å². The number of nitrogens with one attached hydrogen (secondary N) is 2. The Labute approximate surface area is 191 Å². The highest BCUT2D eigenvalue weighted by Gasteiger charge is 2.27. The van der Waals surface area contributed by atoms with Gasteiger partial charge in [0.05, 0.1) is 15.9 Å². The molecule has 0 heterocycles. The molecular weight excluding hydrogens is 438 g/mol. The molecule has 0 saturated carbocycles. The van der Waals surface area contributed by atoms with Gasteiger partial charge in [0.15, 0.2) is 0 Å². The summed E-state index contributed by atoms with van der Waals surface area (Å²) in [4.78, 5) is 46.3. The van der Waals surface area contributed by atoms with Gasteiger partial charge in [0.25, 0.3) is 11.4 Å². The van der Waals surface area contributed by atoms with Crippen molar-refractivity contribution >= 4 is 29.1 Å². The van der Waals surface area contributed by atoms with Crippen LogP contribution in [-0.4, -0.2) is 64.2 Å². The standard InChI is InChI=1S/C20H31N5O8/c1-20(2,3)33-19(28)21-9-7-6-8-14(18(26)27)22-15-10-13(12-23(4)5)16(24(29)30)11-17(15)25(31)32/h10-11,14,22H,6-9,12H2,1-5H3,(H,21,28)(H,26,27)/t14-/m0/s1. The van der Waals surface area contributed by atoms with Crippen LogP contribution < -0.4 is 10.6 Å². The minimum atomic E-state index is -1.23. The van der Waals surface area contributed by atoms with Crippen molar-refractivity contribution in [2.24, 2.45) is 0 Å². The van der Waals surface area contributed by atoms with Gasteiger partial charge in [0, 0.05) is 18.7 Å². The van der Waals surface area contributed by atoms with Crippen molar-refractivity contribution in [1.29, 1.82) is 0 Å². The first-order valence-electron chi connectivity index (χ1n) is 10.3. The van der Waals surface area contributed by atoms with Gasteiger partial charge < -0.3 is 25.4 Å². The molecule has 3 N–H and O–H groups in total. The number of ether oxygens (including phenoxy) is 1. The lowest BCUT2D eigenvalue weighted by Crippen LogP contribution is -2.33. The Bertz CT molecular complexity index is 882. The molecule has 0 fully saturated rings. The van der Waals surface area contributed by atoms with Crippen LogP contribution in [0.15, 0.2) is 12.1 Å². The summed E-state index contributed by atoms with van der Waals surface area (Å²) in [5.41, 5.74) is -1.53. The number of amides is 1. The van der Waals surface area contributed by atoms with Crippen LogP contribution in [0.1, 0.15) is 45.6 Å². The summed E-state index contributed by atoms with van der Waals surface area (Å²) in [5, 5.41) is 37.6. The number of aliphatic carboxylic acids is 1. The number of carboxylic acid groups (broad SMARTS) is 1. The maximum absolute atomic E-state index is 11.7. The van der Waals surface area contributed by atoms with Crippen molar-refractivity contribution in [3.8, 4) is 0 Å². The van der Waals surface area contributed by atoms with Crippen LogP contribution in [0.25, 0.3) is 0 Å². The van der Waals surface area contributed by atoms with Gasteiger partial charge in [0.2, 0.25) is 0 Å². The van der Waals surface area contributed by atoms with E-state index in [4.69, 9.17) is 4.74 Å². The quantitative estimate of drug-likeness (QED) is 0.234. The van der Waals surface area contributed by atoms with Gasteiger partial charge in [-0.15, -0.1) is 0 Å². The number of carbonyl (C=O) groups excluding carboxylic acids is 1. The molecule has 0 radical (unpaired) electrons. The van der Waals surface area contributed by atoms with E-state index in [2.05, 4.69) is 10.6 Å². The van der Waals surface area contributed by atoms with E-state index in [0.717, 1.165) is 6.07 Å². The van der Waals surface area contributed by atoms with Crippen molar-refractivity contribution in [2.75, 3.05) is 26.0 Å². The van der Waals surface area contributed by atoms with Crippen LogP contribution in [0.2, 0.25) is 0 Å². The van der Waals surface area contributed by atoms with Crippen molar-refractivity contribution < 1.29 is 29.3 Å². The molecule has 0 aliphatic carbocycles. The molecule has 33 heavy (non-hydrogen) atoms. The van der Waals surface area contributed by atoms with E-state index in [1.165, 1.54) is 6.07 Å². The van der Waals surface area contributed by atoms with Crippen molar-refractivity contribution in [3.63, 3.8) is 0 Å². The van der Waals surface area contributed by atoms with Gasteiger partial charge in [-0.3, -0.25) is 20.2 Å². The number of nitro groups is 2. The SMILES string of the molecule is CN(C)Cc1cc(N[C@@H](CCCCNC(=O)OC(C)(C)C)C(=O)O)c([N+](=O)[O-])cc1[N+](=O)[O-]. The average Bonchev–Trinajstić information content (AvgIpc) is 2.64. The summed E-state index contributed by atoms with van der Waals surface area (Å²) in [6, 6.07) is 0.917. The monoisotopic (exact) mass is 469 g/mol. The van der Waals surface area contributed by atoms with E-state index < -0.39 is 44.9 Å². The molecular formula is C20H31N5O8. The zero-order chi connectivity index (χ0) is 25.3. The first kappa shape index (κ1) is 27.6. The third-order valence-electron chi connectivity index (χ3n) is 4.29. The summed E-state index contributed by atoms with van der Waals surface area (Å²) in [5.74, 6) is -1.23. The smallest absolute Gasteiger partial charge is 0.407 e. The van der Waals surface area contributed by atoms with Gasteiger partial charge in [0.1, 0.15) is 17.3 Å². The lowest BCUT2D eigenvalue weighted by molar-refractivity contribution is -0.394. The molecule has 1 aromatic carbocycles. The zero-order valence-electron chi connectivity index (χ0n) is 19.4. The van der Waals surface area contributed by atoms with E-state index in [-0.39, 0.29) is 30.8 Å². The summed E-state index contributed by atoms with van der Waals surface area (Å²) in [6.07, 6.45) is 0.386. The predicted octanol–water partition coefficient (Wildman–Crippen LogP) is 3.12. The summed E-state index contributed by atoms with van der Waals surface area (Å²) in [6.45, 7) is 5.61. The molecule has 13 nitrogen and oxygen atoms in total. The number of alkyl carbamates (subject to hydrolysis) is 1. The van der Waals surface area contributed by atoms with Gasteiger partial charge in [-0.1, -0.05) is 0 Å². The first-order chi connectivity index (χ1) is 15.2. The molecule has 13 heteroatoms. The highest BCUT2D eigenvalue weighted by Crippen LogP contribution is 2.34. The van der Waals surface area contributed by atoms with Gasteiger partial charge in [-0.25, -0.2) is 9.59 Å². The van der Waals surface area contributed by atoms with Crippen LogP contribution in [-0.2, 0) is 16.1 Å². The zero-order valence-corrected chi connectivity index (χ0v) is 19.4. The highest BCUT2D eigenvalue weighted by atomic mass is 16.6. The Morgan fingerprint density at radius 2 is 1.73 bits per heavy atom. The van der Waals surface area contributed by atoms with E-state index >= 15 is 0 Å². The van der Waals surface area contributed by atoms with Gasteiger partial charge in [-0.2, -0.15) is 0 Å². The van der Waals surface area contributed by atoms with Crippen LogP contribution in [0.4, 0.5) is 21.9 Å². The number of hydrogen-bond acceptors (Lipinski definition) is 9. The molecule has 0 unspecified atom stereocenters. The van der Waals surface area contributed by atoms with E-state index in [1.807, 2.05) is 0 Å². The molecule has 1 atom stereocenters. The van der Waals surface area contributed by atoms with Crippen LogP contribution in [0.5, 0.6) is 0 Å². The number of nitrogens with zero attached hydrogens (tertiary/aromatic N) is 3. The van der Waals surface area contributed by atoms with E-state index in [1.54, 1.807) is 39.8 Å². The number of nitro benzene ring substituents is 2. The van der Waals surface area contributed by atoms with Gasteiger partial charge in [-0.05, 0) is 60.2 Å². The molecule has 0 aromatic heterocycles. The molecule has 0 bridgehead atoms. The maximum Gasteiger partial charge on any atom is 0.407 e. The number of carboxylic acids is 1. The fourth-order valence-corrected chi connectivity index (χ4v) is 2.95. The van der Waals surface area contributed by atoms with Crippen molar-refractivity contribution in [1.82, 2.24) is 10.2 Å². The van der Waals surface area contributed by atoms with Crippen LogP contribution in [0.3, 0.4) is 0 Å². The minimum Gasteiger partial charge on any atom is -0.480 e. The summed E-state index contributed by atoms with van der Waals surface area (Å²) < 4.78 is 5.11. The Morgan fingerprint density at radius 1 is 1.12 bits per heavy atom. The number of benzene rings is 1. The lowest BCUT2D eigenvalue weighted by atomic mass is 10.1. The third-order valence-corrected chi connectivity index (χ3v) is 4.29. The number of anilines is 1. The highest BCUT2D eigenvalue weighted by molar-refractivity contribution is 5.80. The fourth-order valence-electron chi connectivity index (χ4n) is 2.95. The maximum atomic E-state index is 11.7. The molecule has 1 aromatic rings. The average molecular weight is 469 g/mol. The fraction of sp³-hybridized carbons (Fsp3) is 0.600. The Morgan fingerprint density at radius 3 is 2.21 bits per heavy atom. The second kappa shape index (κ2) is 11.9. The molecule has 1 amide bonds. The lowest BCUT2D eigenvalue weighted by Gasteiger charge is -2.20. The number of unbranched alkanes of at least 4 members (excludes halogenated alkanes) is 1. The number of rotatable bonds is 12. The van der Waals surface area contributed by atoms with Crippen molar-refractivity contribution in [2.45, 2.75) is 58.2 Å². The normalized spacial score (nSPS) is 12.2.